The van der Waals surface area contributed by atoms with Crippen molar-refractivity contribution in [3.05, 3.63) is 29.8 Å². The third-order valence-corrected chi connectivity index (χ3v) is 5.21. The fraction of sp³-hybridized carbons (Fsp3) is 0.611. The standard InChI is InChI=1S/C18H25NO3/c1-22-16-7-5-14(6-8-16)18(10-3-2-4-11-18)17(21)19-12-9-15(20)13-19/h5-8,15,20H,2-4,9-13H2,1H3/t15-/m1/s1. The Morgan fingerprint density at radius 1 is 1.23 bits per heavy atom. The first kappa shape index (κ1) is 15.3. The van der Waals surface area contributed by atoms with E-state index < -0.39 is 5.41 Å². The van der Waals surface area contributed by atoms with E-state index in [1.54, 1.807) is 7.11 Å². The first-order chi connectivity index (χ1) is 10.7. The number of likely N-dealkylation sites (tertiary alicyclic amines) is 1. The molecule has 1 heterocycles. The summed E-state index contributed by atoms with van der Waals surface area (Å²) in [7, 11) is 1.65. The van der Waals surface area contributed by atoms with Crippen LogP contribution >= 0.6 is 0 Å². The largest absolute Gasteiger partial charge is 0.497 e. The van der Waals surface area contributed by atoms with E-state index in [9.17, 15) is 9.90 Å². The zero-order valence-electron chi connectivity index (χ0n) is 13.3. The molecule has 22 heavy (non-hydrogen) atoms. The fourth-order valence-electron chi connectivity index (χ4n) is 3.92. The number of aliphatic hydroxyl groups is 1. The second-order valence-electron chi connectivity index (χ2n) is 6.56. The first-order valence-corrected chi connectivity index (χ1v) is 8.28. The number of benzene rings is 1. The maximum atomic E-state index is 13.2. The molecular formula is C18H25NO3. The predicted molar refractivity (Wildman–Crippen MR) is 85.0 cm³/mol. The highest BCUT2D eigenvalue weighted by Gasteiger charge is 2.44. The molecular weight excluding hydrogens is 278 g/mol. The van der Waals surface area contributed by atoms with Crippen LogP contribution in [-0.2, 0) is 10.2 Å². The van der Waals surface area contributed by atoms with Crippen LogP contribution in [0.5, 0.6) is 5.75 Å². The number of methoxy groups -OCH3 is 1. The lowest BCUT2D eigenvalue weighted by atomic mass is 9.68. The van der Waals surface area contributed by atoms with Gasteiger partial charge in [-0.3, -0.25) is 4.79 Å². The Hall–Kier alpha value is -1.55. The van der Waals surface area contributed by atoms with E-state index in [4.69, 9.17) is 4.74 Å². The van der Waals surface area contributed by atoms with E-state index in [1.165, 1.54) is 6.42 Å². The van der Waals surface area contributed by atoms with Gasteiger partial charge in [-0.2, -0.15) is 0 Å². The van der Waals surface area contributed by atoms with Crippen LogP contribution in [0.1, 0.15) is 44.1 Å². The molecule has 0 radical (unpaired) electrons. The normalized spacial score (nSPS) is 24.3. The van der Waals surface area contributed by atoms with E-state index >= 15 is 0 Å². The van der Waals surface area contributed by atoms with E-state index in [0.29, 0.717) is 19.5 Å². The van der Waals surface area contributed by atoms with Gasteiger partial charge in [-0.1, -0.05) is 31.4 Å². The molecule has 1 saturated carbocycles. The third-order valence-electron chi connectivity index (χ3n) is 5.21. The summed E-state index contributed by atoms with van der Waals surface area (Å²) in [6.45, 7) is 1.16. The molecule has 1 aliphatic carbocycles. The summed E-state index contributed by atoms with van der Waals surface area (Å²) in [6.07, 6.45) is 5.54. The zero-order valence-corrected chi connectivity index (χ0v) is 13.3. The van der Waals surface area contributed by atoms with Crippen molar-refractivity contribution in [3.8, 4) is 5.75 Å². The van der Waals surface area contributed by atoms with Crippen molar-refractivity contribution in [3.63, 3.8) is 0 Å². The Bertz CT molecular complexity index is 520. The van der Waals surface area contributed by atoms with Crippen LogP contribution in [0.15, 0.2) is 24.3 Å². The third kappa shape index (κ3) is 2.72. The number of ether oxygens (including phenoxy) is 1. The van der Waals surface area contributed by atoms with Crippen LogP contribution in [-0.4, -0.2) is 42.2 Å². The van der Waals surface area contributed by atoms with Gasteiger partial charge in [0.05, 0.1) is 18.6 Å². The molecule has 120 valence electrons. The van der Waals surface area contributed by atoms with Gasteiger partial charge in [-0.15, -0.1) is 0 Å². The maximum absolute atomic E-state index is 13.2. The topological polar surface area (TPSA) is 49.8 Å². The van der Waals surface area contributed by atoms with Gasteiger partial charge in [0.15, 0.2) is 0 Å². The number of aliphatic hydroxyl groups excluding tert-OH is 1. The highest BCUT2D eigenvalue weighted by Crippen LogP contribution is 2.42. The van der Waals surface area contributed by atoms with E-state index in [1.807, 2.05) is 29.2 Å². The van der Waals surface area contributed by atoms with E-state index in [0.717, 1.165) is 37.0 Å². The van der Waals surface area contributed by atoms with Crippen molar-refractivity contribution >= 4 is 5.91 Å². The molecule has 1 N–H and O–H groups in total. The number of hydrogen-bond donors (Lipinski definition) is 1. The lowest BCUT2D eigenvalue weighted by Crippen LogP contribution is -2.47. The maximum Gasteiger partial charge on any atom is 0.233 e. The van der Waals surface area contributed by atoms with Gasteiger partial charge in [-0.05, 0) is 37.0 Å². The minimum atomic E-state index is -0.408. The lowest BCUT2D eigenvalue weighted by molar-refractivity contribution is -0.138. The number of rotatable bonds is 3. The summed E-state index contributed by atoms with van der Waals surface area (Å²) in [5, 5.41) is 9.76. The highest BCUT2D eigenvalue weighted by atomic mass is 16.5. The molecule has 0 aromatic heterocycles. The summed E-state index contributed by atoms with van der Waals surface area (Å²) < 4.78 is 5.24. The monoisotopic (exact) mass is 303 g/mol. The molecule has 1 saturated heterocycles. The summed E-state index contributed by atoms with van der Waals surface area (Å²) in [5.41, 5.74) is 0.689. The quantitative estimate of drug-likeness (QED) is 0.933. The number of nitrogens with zero attached hydrogens (tertiary/aromatic N) is 1. The number of hydrogen-bond acceptors (Lipinski definition) is 3. The van der Waals surface area contributed by atoms with Crippen LogP contribution in [0.25, 0.3) is 0 Å². The van der Waals surface area contributed by atoms with Crippen molar-refractivity contribution < 1.29 is 14.6 Å². The Kier molecular flexibility index (Phi) is 4.39. The van der Waals surface area contributed by atoms with Crippen molar-refractivity contribution in [2.75, 3.05) is 20.2 Å². The van der Waals surface area contributed by atoms with Crippen LogP contribution in [0.2, 0.25) is 0 Å². The molecule has 1 atom stereocenters. The summed E-state index contributed by atoms with van der Waals surface area (Å²) in [4.78, 5) is 15.1. The highest BCUT2D eigenvalue weighted by molar-refractivity contribution is 5.88. The molecule has 1 aliphatic heterocycles. The van der Waals surface area contributed by atoms with Crippen LogP contribution in [0.4, 0.5) is 0 Å². The number of amides is 1. The number of β-amino-alcohol motifs (C(OH)–C–C–N with tert-alkyl or cyclic N) is 1. The molecule has 1 aromatic rings. The van der Waals surface area contributed by atoms with Gasteiger partial charge in [0.2, 0.25) is 5.91 Å². The van der Waals surface area contributed by atoms with Gasteiger partial charge in [0.25, 0.3) is 0 Å². The number of carbonyl (C=O) groups excluding carboxylic acids is 1. The number of carbonyl (C=O) groups is 1. The molecule has 1 aromatic carbocycles. The SMILES string of the molecule is COc1ccc(C2(C(=O)N3CC[C@@H](O)C3)CCCCC2)cc1. The Labute approximate surface area is 132 Å². The van der Waals surface area contributed by atoms with Gasteiger partial charge in [-0.25, -0.2) is 0 Å². The molecule has 4 heteroatoms. The van der Waals surface area contributed by atoms with Crippen LogP contribution < -0.4 is 4.74 Å². The molecule has 2 aliphatic rings. The van der Waals surface area contributed by atoms with Crippen LogP contribution in [0.3, 0.4) is 0 Å². The molecule has 2 fully saturated rings. The summed E-state index contributed by atoms with van der Waals surface area (Å²) >= 11 is 0. The molecule has 0 bridgehead atoms. The van der Waals surface area contributed by atoms with Gasteiger partial charge < -0.3 is 14.7 Å². The van der Waals surface area contributed by atoms with E-state index in [-0.39, 0.29) is 12.0 Å². The molecule has 4 nitrogen and oxygen atoms in total. The van der Waals surface area contributed by atoms with Gasteiger partial charge in [0.1, 0.15) is 5.75 Å². The van der Waals surface area contributed by atoms with Gasteiger partial charge in [0, 0.05) is 13.1 Å². The Morgan fingerprint density at radius 3 is 2.45 bits per heavy atom. The lowest BCUT2D eigenvalue weighted by Gasteiger charge is -2.39. The second kappa shape index (κ2) is 6.29. The molecule has 0 spiro atoms. The van der Waals surface area contributed by atoms with Crippen molar-refractivity contribution in [1.82, 2.24) is 4.90 Å². The average molecular weight is 303 g/mol. The minimum absolute atomic E-state index is 0.203. The molecule has 0 unspecified atom stereocenters. The average Bonchev–Trinajstić information content (AvgIpc) is 3.01. The smallest absolute Gasteiger partial charge is 0.233 e. The van der Waals surface area contributed by atoms with E-state index in [2.05, 4.69) is 0 Å². The van der Waals surface area contributed by atoms with Crippen molar-refractivity contribution in [2.45, 2.75) is 50.0 Å². The van der Waals surface area contributed by atoms with Crippen LogP contribution in [0, 0.1) is 0 Å². The summed E-state index contributed by atoms with van der Waals surface area (Å²) in [6, 6.07) is 7.96. The fourth-order valence-corrected chi connectivity index (χ4v) is 3.92. The Morgan fingerprint density at radius 2 is 1.91 bits per heavy atom. The Balaban J connectivity index is 1.91. The minimum Gasteiger partial charge on any atom is -0.497 e. The summed E-state index contributed by atoms with van der Waals surface area (Å²) in [5.74, 6) is 1.02. The molecule has 3 rings (SSSR count). The first-order valence-electron chi connectivity index (χ1n) is 8.28. The van der Waals surface area contributed by atoms with Gasteiger partial charge >= 0.3 is 0 Å². The molecule has 1 amide bonds. The van der Waals surface area contributed by atoms with Crippen molar-refractivity contribution in [2.24, 2.45) is 0 Å². The van der Waals surface area contributed by atoms with Crippen molar-refractivity contribution in [1.29, 1.82) is 0 Å². The zero-order chi connectivity index (χ0) is 15.6. The predicted octanol–water partition coefficient (Wildman–Crippen LogP) is 2.49. The second-order valence-corrected chi connectivity index (χ2v) is 6.56.